The number of ether oxygens (including phenoxy) is 1. The lowest BCUT2D eigenvalue weighted by molar-refractivity contribution is 0.326. The summed E-state index contributed by atoms with van der Waals surface area (Å²) in [7, 11) is 0. The minimum atomic E-state index is 0.350. The predicted octanol–water partition coefficient (Wildman–Crippen LogP) is 2.48. The number of aromatic hydroxyl groups is 1. The standard InChI is InChI=1S/C14H21NO2/c1-2-17-14-8-5-7-13(16)12(14)10-11-6-3-4-9-15-11/h5,7-8,11,15-16H,2-4,6,9-10H2,1H3. The second-order valence-corrected chi connectivity index (χ2v) is 4.54. The molecule has 0 aliphatic carbocycles. The van der Waals surface area contributed by atoms with Gasteiger partial charge in [0.15, 0.2) is 0 Å². The molecular formula is C14H21NO2. The van der Waals surface area contributed by atoms with Crippen molar-refractivity contribution in [3.05, 3.63) is 23.8 Å². The molecule has 0 spiro atoms. The lowest BCUT2D eigenvalue weighted by atomic mass is 9.97. The van der Waals surface area contributed by atoms with Crippen LogP contribution in [-0.4, -0.2) is 24.3 Å². The topological polar surface area (TPSA) is 41.5 Å². The maximum Gasteiger partial charge on any atom is 0.126 e. The molecule has 1 atom stereocenters. The van der Waals surface area contributed by atoms with Gasteiger partial charge in [0.1, 0.15) is 11.5 Å². The van der Waals surface area contributed by atoms with Crippen molar-refractivity contribution in [1.29, 1.82) is 0 Å². The fourth-order valence-electron chi connectivity index (χ4n) is 2.39. The van der Waals surface area contributed by atoms with E-state index in [-0.39, 0.29) is 0 Å². The van der Waals surface area contributed by atoms with E-state index >= 15 is 0 Å². The summed E-state index contributed by atoms with van der Waals surface area (Å²) in [4.78, 5) is 0. The largest absolute Gasteiger partial charge is 0.508 e. The van der Waals surface area contributed by atoms with E-state index in [9.17, 15) is 5.11 Å². The maximum atomic E-state index is 9.94. The molecule has 94 valence electrons. The minimum absolute atomic E-state index is 0.350. The van der Waals surface area contributed by atoms with E-state index in [1.54, 1.807) is 6.07 Å². The lowest BCUT2D eigenvalue weighted by Gasteiger charge is -2.24. The second-order valence-electron chi connectivity index (χ2n) is 4.54. The van der Waals surface area contributed by atoms with Crippen LogP contribution in [0.2, 0.25) is 0 Å². The summed E-state index contributed by atoms with van der Waals surface area (Å²) in [6.45, 7) is 3.68. The lowest BCUT2D eigenvalue weighted by Crippen LogP contribution is -2.35. The van der Waals surface area contributed by atoms with Crippen LogP contribution in [0, 0.1) is 0 Å². The number of rotatable bonds is 4. The summed E-state index contributed by atoms with van der Waals surface area (Å²) < 4.78 is 5.57. The molecule has 3 nitrogen and oxygen atoms in total. The molecule has 0 aromatic heterocycles. The average Bonchev–Trinajstić information content (AvgIpc) is 2.35. The summed E-state index contributed by atoms with van der Waals surface area (Å²) in [6.07, 6.45) is 4.56. The molecule has 1 aromatic carbocycles. The molecule has 1 aromatic rings. The van der Waals surface area contributed by atoms with Gasteiger partial charge >= 0.3 is 0 Å². The van der Waals surface area contributed by atoms with E-state index in [0.29, 0.717) is 18.4 Å². The molecule has 2 rings (SSSR count). The Bertz CT molecular complexity index is 359. The molecule has 2 N–H and O–H groups in total. The summed E-state index contributed by atoms with van der Waals surface area (Å²) in [5.41, 5.74) is 0.939. The van der Waals surface area contributed by atoms with Gasteiger partial charge < -0.3 is 15.2 Å². The number of benzene rings is 1. The van der Waals surface area contributed by atoms with Crippen LogP contribution in [0.4, 0.5) is 0 Å². The zero-order valence-electron chi connectivity index (χ0n) is 10.4. The van der Waals surface area contributed by atoms with E-state index in [0.717, 1.165) is 24.3 Å². The predicted molar refractivity (Wildman–Crippen MR) is 68.6 cm³/mol. The summed E-state index contributed by atoms with van der Waals surface area (Å²) >= 11 is 0. The van der Waals surface area contributed by atoms with Gasteiger partial charge in [0.25, 0.3) is 0 Å². The first-order valence-electron chi connectivity index (χ1n) is 6.48. The van der Waals surface area contributed by atoms with Gasteiger partial charge in [0, 0.05) is 11.6 Å². The van der Waals surface area contributed by atoms with Crippen molar-refractivity contribution in [2.24, 2.45) is 0 Å². The Morgan fingerprint density at radius 2 is 2.29 bits per heavy atom. The zero-order chi connectivity index (χ0) is 12.1. The minimum Gasteiger partial charge on any atom is -0.508 e. The Kier molecular flexibility index (Phi) is 4.26. The van der Waals surface area contributed by atoms with Gasteiger partial charge in [-0.15, -0.1) is 0 Å². The van der Waals surface area contributed by atoms with Gasteiger partial charge in [0.05, 0.1) is 6.61 Å². The van der Waals surface area contributed by atoms with Crippen molar-refractivity contribution < 1.29 is 9.84 Å². The molecule has 1 heterocycles. The van der Waals surface area contributed by atoms with Crippen molar-refractivity contribution >= 4 is 0 Å². The summed E-state index contributed by atoms with van der Waals surface area (Å²) in [5, 5.41) is 13.4. The summed E-state index contributed by atoms with van der Waals surface area (Å²) in [6, 6.07) is 5.97. The third-order valence-corrected chi connectivity index (χ3v) is 3.27. The number of phenolic OH excluding ortho intramolecular Hbond substituents is 1. The first-order valence-corrected chi connectivity index (χ1v) is 6.48. The van der Waals surface area contributed by atoms with Gasteiger partial charge in [-0.25, -0.2) is 0 Å². The summed E-state index contributed by atoms with van der Waals surface area (Å²) in [5.74, 6) is 1.17. The fourth-order valence-corrected chi connectivity index (χ4v) is 2.39. The number of hydrogen-bond donors (Lipinski definition) is 2. The van der Waals surface area contributed by atoms with Crippen molar-refractivity contribution in [3.8, 4) is 11.5 Å². The van der Waals surface area contributed by atoms with Gasteiger partial charge in [-0.1, -0.05) is 12.5 Å². The molecule has 1 fully saturated rings. The molecule has 1 aliphatic heterocycles. The Morgan fingerprint density at radius 1 is 1.41 bits per heavy atom. The number of phenols is 1. The Labute approximate surface area is 103 Å². The van der Waals surface area contributed by atoms with Gasteiger partial charge in [0.2, 0.25) is 0 Å². The first kappa shape index (κ1) is 12.2. The highest BCUT2D eigenvalue weighted by atomic mass is 16.5. The Hall–Kier alpha value is -1.22. The zero-order valence-corrected chi connectivity index (χ0v) is 10.4. The van der Waals surface area contributed by atoms with Gasteiger partial charge in [-0.05, 0) is 44.9 Å². The third-order valence-electron chi connectivity index (χ3n) is 3.27. The molecule has 0 radical (unpaired) electrons. The highest BCUT2D eigenvalue weighted by Crippen LogP contribution is 2.30. The monoisotopic (exact) mass is 235 g/mol. The van der Waals surface area contributed by atoms with E-state index in [4.69, 9.17) is 4.74 Å². The highest BCUT2D eigenvalue weighted by molar-refractivity contribution is 5.44. The first-order chi connectivity index (χ1) is 8.31. The highest BCUT2D eigenvalue weighted by Gasteiger charge is 2.17. The van der Waals surface area contributed by atoms with Crippen LogP contribution in [0.25, 0.3) is 0 Å². The SMILES string of the molecule is CCOc1cccc(O)c1CC1CCCCN1. The molecule has 0 amide bonds. The quantitative estimate of drug-likeness (QED) is 0.842. The Balaban J connectivity index is 2.12. The second kappa shape index (κ2) is 5.92. The molecule has 0 saturated carbocycles. The maximum absolute atomic E-state index is 9.94. The van der Waals surface area contributed by atoms with Crippen LogP contribution in [0.15, 0.2) is 18.2 Å². The van der Waals surface area contributed by atoms with Crippen LogP contribution in [0.5, 0.6) is 11.5 Å². The molecule has 0 bridgehead atoms. The van der Waals surface area contributed by atoms with Gasteiger partial charge in [-0.2, -0.15) is 0 Å². The molecule has 17 heavy (non-hydrogen) atoms. The van der Waals surface area contributed by atoms with Crippen LogP contribution >= 0.6 is 0 Å². The normalized spacial score (nSPS) is 20.2. The smallest absolute Gasteiger partial charge is 0.126 e. The van der Waals surface area contributed by atoms with Crippen LogP contribution in [0.1, 0.15) is 31.7 Å². The molecule has 3 heteroatoms. The molecular weight excluding hydrogens is 214 g/mol. The molecule has 1 saturated heterocycles. The Morgan fingerprint density at radius 3 is 3.00 bits per heavy atom. The van der Waals surface area contributed by atoms with Crippen LogP contribution < -0.4 is 10.1 Å². The number of piperidine rings is 1. The van der Waals surface area contributed by atoms with E-state index in [1.165, 1.54) is 19.3 Å². The van der Waals surface area contributed by atoms with Crippen molar-refractivity contribution in [1.82, 2.24) is 5.32 Å². The molecule has 1 aliphatic rings. The van der Waals surface area contributed by atoms with Crippen molar-refractivity contribution in [2.45, 2.75) is 38.6 Å². The number of nitrogens with one attached hydrogen (secondary N) is 1. The third kappa shape index (κ3) is 3.13. The van der Waals surface area contributed by atoms with E-state index in [2.05, 4.69) is 5.32 Å². The van der Waals surface area contributed by atoms with Crippen molar-refractivity contribution in [3.63, 3.8) is 0 Å². The number of hydrogen-bond acceptors (Lipinski definition) is 3. The molecule has 1 unspecified atom stereocenters. The fraction of sp³-hybridized carbons (Fsp3) is 0.571. The van der Waals surface area contributed by atoms with Crippen LogP contribution in [0.3, 0.4) is 0 Å². The van der Waals surface area contributed by atoms with E-state index < -0.39 is 0 Å². The average molecular weight is 235 g/mol. The van der Waals surface area contributed by atoms with Gasteiger partial charge in [-0.3, -0.25) is 0 Å². The van der Waals surface area contributed by atoms with E-state index in [1.807, 2.05) is 19.1 Å². The van der Waals surface area contributed by atoms with Crippen molar-refractivity contribution in [2.75, 3.05) is 13.2 Å². The van der Waals surface area contributed by atoms with Crippen LogP contribution in [-0.2, 0) is 6.42 Å².